The van der Waals surface area contributed by atoms with Crippen LogP contribution < -0.4 is 5.32 Å². The summed E-state index contributed by atoms with van der Waals surface area (Å²) in [6.07, 6.45) is -0.446. The number of hydrogen-bond acceptors (Lipinski definition) is 3. The molecule has 2 unspecified atom stereocenters. The molecule has 130 valence electrons. The fourth-order valence-electron chi connectivity index (χ4n) is 2.83. The lowest BCUT2D eigenvalue weighted by molar-refractivity contribution is -0.123. The minimum absolute atomic E-state index is 0.0231. The van der Waals surface area contributed by atoms with Gasteiger partial charge in [0, 0.05) is 12.6 Å². The van der Waals surface area contributed by atoms with Gasteiger partial charge in [0.05, 0.1) is 18.7 Å². The molecule has 24 heavy (non-hydrogen) atoms. The van der Waals surface area contributed by atoms with Crippen molar-refractivity contribution in [3.05, 3.63) is 48.0 Å². The van der Waals surface area contributed by atoms with Crippen LogP contribution in [0, 0.1) is 0 Å². The number of aliphatic hydroxyl groups excluding tert-OH is 1. The summed E-state index contributed by atoms with van der Waals surface area (Å²) in [4.78, 5) is 14.3. The molecule has 4 nitrogen and oxygen atoms in total. The van der Waals surface area contributed by atoms with Crippen molar-refractivity contribution in [3.63, 3.8) is 0 Å². The van der Waals surface area contributed by atoms with E-state index in [0.29, 0.717) is 13.1 Å². The highest BCUT2D eigenvalue weighted by Gasteiger charge is 2.17. The summed E-state index contributed by atoms with van der Waals surface area (Å²) < 4.78 is 0. The van der Waals surface area contributed by atoms with Gasteiger partial charge in [-0.1, -0.05) is 36.4 Å². The van der Waals surface area contributed by atoms with Crippen LogP contribution in [0.15, 0.2) is 42.5 Å². The Labute approximate surface area is 144 Å². The average molecular weight is 328 g/mol. The molecule has 0 saturated carbocycles. The largest absolute Gasteiger partial charge is 0.392 e. The number of aliphatic hydroxyl groups is 1. The van der Waals surface area contributed by atoms with E-state index in [1.54, 1.807) is 6.92 Å². The van der Waals surface area contributed by atoms with Crippen molar-refractivity contribution in [2.75, 3.05) is 13.1 Å². The summed E-state index contributed by atoms with van der Waals surface area (Å²) in [6, 6.07) is 14.6. The lowest BCUT2D eigenvalue weighted by Gasteiger charge is -2.27. The van der Waals surface area contributed by atoms with E-state index in [1.807, 2.05) is 37.8 Å². The van der Waals surface area contributed by atoms with Crippen LogP contribution in [-0.4, -0.2) is 41.1 Å². The number of carbonyl (C=O) groups excluding carboxylic acids is 1. The van der Waals surface area contributed by atoms with Gasteiger partial charge in [0.2, 0.25) is 5.91 Å². The molecule has 0 aliphatic carbocycles. The van der Waals surface area contributed by atoms with Gasteiger partial charge in [-0.15, -0.1) is 0 Å². The molecule has 0 heterocycles. The third-order valence-corrected chi connectivity index (χ3v) is 4.23. The Hall–Kier alpha value is -1.91. The van der Waals surface area contributed by atoms with Crippen molar-refractivity contribution in [2.45, 2.75) is 45.9 Å². The van der Waals surface area contributed by atoms with Crippen molar-refractivity contribution in [2.24, 2.45) is 0 Å². The Balaban J connectivity index is 2.01. The second-order valence-corrected chi connectivity index (χ2v) is 6.77. The van der Waals surface area contributed by atoms with Gasteiger partial charge in [-0.3, -0.25) is 9.69 Å². The van der Waals surface area contributed by atoms with E-state index in [9.17, 15) is 9.90 Å². The summed E-state index contributed by atoms with van der Waals surface area (Å²) >= 11 is 0. The average Bonchev–Trinajstić information content (AvgIpc) is 2.53. The van der Waals surface area contributed by atoms with Crippen LogP contribution in [0.1, 0.15) is 39.3 Å². The molecule has 0 saturated heterocycles. The summed E-state index contributed by atoms with van der Waals surface area (Å²) in [6.45, 7) is 8.59. The first-order chi connectivity index (χ1) is 11.4. The third kappa shape index (κ3) is 5.05. The van der Waals surface area contributed by atoms with E-state index in [2.05, 4.69) is 35.6 Å². The minimum Gasteiger partial charge on any atom is -0.392 e. The van der Waals surface area contributed by atoms with Gasteiger partial charge >= 0.3 is 0 Å². The maximum atomic E-state index is 12.4. The zero-order valence-electron chi connectivity index (χ0n) is 15.0. The van der Waals surface area contributed by atoms with E-state index in [4.69, 9.17) is 0 Å². The summed E-state index contributed by atoms with van der Waals surface area (Å²) in [5.74, 6) is -0.0231. The summed E-state index contributed by atoms with van der Waals surface area (Å²) in [5.41, 5.74) is 1.09. The molecule has 0 aliphatic rings. The smallest absolute Gasteiger partial charge is 0.234 e. The van der Waals surface area contributed by atoms with E-state index < -0.39 is 6.10 Å². The highest BCUT2D eigenvalue weighted by Crippen LogP contribution is 2.20. The number of amides is 1. The number of rotatable bonds is 7. The Morgan fingerprint density at radius 2 is 1.75 bits per heavy atom. The number of nitrogens with zero attached hydrogens (tertiary/aromatic N) is 1. The Morgan fingerprint density at radius 1 is 1.08 bits per heavy atom. The first-order valence-electron chi connectivity index (χ1n) is 8.57. The zero-order chi connectivity index (χ0) is 17.7. The van der Waals surface area contributed by atoms with Gasteiger partial charge < -0.3 is 10.4 Å². The first-order valence-corrected chi connectivity index (χ1v) is 8.57. The van der Waals surface area contributed by atoms with Crippen LogP contribution in [0.5, 0.6) is 0 Å². The van der Waals surface area contributed by atoms with Crippen molar-refractivity contribution in [3.8, 4) is 0 Å². The molecule has 0 aromatic heterocycles. The maximum absolute atomic E-state index is 12.4. The molecule has 0 spiro atoms. The fraction of sp³-hybridized carbons (Fsp3) is 0.450. The molecule has 1 amide bonds. The van der Waals surface area contributed by atoms with Gasteiger partial charge in [-0.2, -0.15) is 0 Å². The molecule has 0 radical (unpaired) electrons. The van der Waals surface area contributed by atoms with E-state index >= 15 is 0 Å². The Morgan fingerprint density at radius 3 is 2.38 bits per heavy atom. The van der Waals surface area contributed by atoms with Crippen LogP contribution in [0.4, 0.5) is 0 Å². The highest BCUT2D eigenvalue weighted by molar-refractivity contribution is 5.83. The molecular weight excluding hydrogens is 300 g/mol. The quantitative estimate of drug-likeness (QED) is 0.821. The molecular formula is C20H28N2O2. The van der Waals surface area contributed by atoms with Crippen LogP contribution in [0.25, 0.3) is 10.8 Å². The minimum atomic E-state index is -0.446. The normalized spacial score (nSPS) is 14.1. The molecule has 0 aliphatic heterocycles. The first kappa shape index (κ1) is 18.4. The molecule has 2 rings (SSSR count). The summed E-state index contributed by atoms with van der Waals surface area (Å²) in [7, 11) is 0. The predicted octanol–water partition coefficient (Wildman–Crippen LogP) is 3.11. The molecule has 4 heteroatoms. The van der Waals surface area contributed by atoms with E-state index in [0.717, 1.165) is 5.56 Å². The van der Waals surface area contributed by atoms with Gasteiger partial charge in [-0.05, 0) is 50.1 Å². The zero-order valence-corrected chi connectivity index (χ0v) is 15.0. The molecule has 0 fully saturated rings. The number of benzene rings is 2. The molecule has 2 N–H and O–H groups in total. The van der Waals surface area contributed by atoms with Crippen molar-refractivity contribution >= 4 is 16.7 Å². The predicted molar refractivity (Wildman–Crippen MR) is 98.9 cm³/mol. The SMILES string of the molecule is CC(O)CN(CC(=O)NC(C)c1ccc2ccccc2c1)C(C)C. The van der Waals surface area contributed by atoms with Crippen molar-refractivity contribution in [1.29, 1.82) is 0 Å². The standard InChI is InChI=1S/C20H28N2O2/c1-14(2)22(12-15(3)23)13-20(24)21-16(4)18-10-9-17-7-5-6-8-19(17)11-18/h5-11,14-16,23H,12-13H2,1-4H3,(H,21,24). The second-order valence-electron chi connectivity index (χ2n) is 6.77. The molecule has 2 aromatic carbocycles. The van der Waals surface area contributed by atoms with Gasteiger partial charge in [-0.25, -0.2) is 0 Å². The summed E-state index contributed by atoms with van der Waals surface area (Å²) in [5, 5.41) is 15.0. The van der Waals surface area contributed by atoms with Gasteiger partial charge in [0.15, 0.2) is 0 Å². The third-order valence-electron chi connectivity index (χ3n) is 4.23. The molecule has 0 bridgehead atoms. The second kappa shape index (κ2) is 8.27. The Bertz CT molecular complexity index is 682. The fourth-order valence-corrected chi connectivity index (χ4v) is 2.83. The molecule has 2 aromatic rings. The van der Waals surface area contributed by atoms with Gasteiger partial charge in [0.1, 0.15) is 0 Å². The van der Waals surface area contributed by atoms with Crippen molar-refractivity contribution < 1.29 is 9.90 Å². The molecule has 2 atom stereocenters. The number of hydrogen-bond donors (Lipinski definition) is 2. The lowest BCUT2D eigenvalue weighted by Crippen LogP contribution is -2.44. The monoisotopic (exact) mass is 328 g/mol. The van der Waals surface area contributed by atoms with E-state index in [1.165, 1.54) is 10.8 Å². The lowest BCUT2D eigenvalue weighted by atomic mass is 10.0. The number of fused-ring (bicyclic) bond motifs is 1. The van der Waals surface area contributed by atoms with Crippen LogP contribution in [0.3, 0.4) is 0 Å². The van der Waals surface area contributed by atoms with Crippen LogP contribution in [0.2, 0.25) is 0 Å². The number of carbonyl (C=O) groups is 1. The maximum Gasteiger partial charge on any atom is 0.234 e. The number of nitrogens with one attached hydrogen (secondary N) is 1. The topological polar surface area (TPSA) is 52.6 Å². The highest BCUT2D eigenvalue weighted by atomic mass is 16.3. The van der Waals surface area contributed by atoms with Crippen LogP contribution >= 0.6 is 0 Å². The van der Waals surface area contributed by atoms with Gasteiger partial charge in [0.25, 0.3) is 0 Å². The van der Waals surface area contributed by atoms with Crippen LogP contribution in [-0.2, 0) is 4.79 Å². The van der Waals surface area contributed by atoms with E-state index in [-0.39, 0.29) is 18.0 Å². The Kier molecular flexibility index (Phi) is 6.35. The van der Waals surface area contributed by atoms with Crippen molar-refractivity contribution in [1.82, 2.24) is 10.2 Å².